The molecule has 0 saturated carbocycles. The van der Waals surface area contributed by atoms with Gasteiger partial charge in [-0.15, -0.1) is 0 Å². The molecule has 1 aromatic rings. The standard InChI is InChI=1S/C17H24N2O5/c1-11(2)24-17(23)14(9-13-7-5-4-6-8-13)19-15(21)10-18-16(22)12(3)20/h4-8,11-12,14,20H,9-10H2,1-3H3,(H,18,22)(H,19,21). The van der Waals surface area contributed by atoms with Gasteiger partial charge in [-0.2, -0.15) is 0 Å². The van der Waals surface area contributed by atoms with Crippen molar-refractivity contribution in [2.45, 2.75) is 45.4 Å². The molecule has 7 nitrogen and oxygen atoms in total. The number of nitrogens with one attached hydrogen (secondary N) is 2. The first kappa shape index (κ1) is 19.6. The number of carbonyl (C=O) groups is 3. The third-order valence-corrected chi connectivity index (χ3v) is 3.06. The topological polar surface area (TPSA) is 105 Å². The van der Waals surface area contributed by atoms with Crippen molar-refractivity contribution in [1.29, 1.82) is 0 Å². The van der Waals surface area contributed by atoms with Crippen molar-refractivity contribution >= 4 is 17.8 Å². The van der Waals surface area contributed by atoms with Gasteiger partial charge < -0.3 is 20.5 Å². The summed E-state index contributed by atoms with van der Waals surface area (Å²) < 4.78 is 5.17. The average molecular weight is 336 g/mol. The molecule has 0 heterocycles. The van der Waals surface area contributed by atoms with Crippen LogP contribution in [0.5, 0.6) is 0 Å². The number of hydrogen-bond donors (Lipinski definition) is 3. The minimum atomic E-state index is -1.20. The predicted molar refractivity (Wildman–Crippen MR) is 88.0 cm³/mol. The van der Waals surface area contributed by atoms with Crippen LogP contribution in [-0.4, -0.2) is 47.7 Å². The molecule has 132 valence electrons. The quantitative estimate of drug-likeness (QED) is 0.587. The van der Waals surface area contributed by atoms with Gasteiger partial charge >= 0.3 is 5.97 Å². The van der Waals surface area contributed by atoms with E-state index in [1.807, 2.05) is 30.3 Å². The molecule has 24 heavy (non-hydrogen) atoms. The fraction of sp³-hybridized carbons (Fsp3) is 0.471. The van der Waals surface area contributed by atoms with Crippen LogP contribution in [0.3, 0.4) is 0 Å². The Hall–Kier alpha value is -2.41. The van der Waals surface area contributed by atoms with Crippen molar-refractivity contribution in [3.05, 3.63) is 35.9 Å². The van der Waals surface area contributed by atoms with Gasteiger partial charge in [-0.25, -0.2) is 4.79 Å². The average Bonchev–Trinajstić information content (AvgIpc) is 2.52. The van der Waals surface area contributed by atoms with E-state index in [9.17, 15) is 14.4 Å². The first-order chi connectivity index (χ1) is 11.3. The Morgan fingerprint density at radius 3 is 2.29 bits per heavy atom. The lowest BCUT2D eigenvalue weighted by molar-refractivity contribution is -0.151. The summed E-state index contributed by atoms with van der Waals surface area (Å²) in [5.41, 5.74) is 0.872. The third kappa shape index (κ3) is 7.23. The Bertz CT molecular complexity index is 557. The van der Waals surface area contributed by atoms with Gasteiger partial charge in [0.2, 0.25) is 11.8 Å². The SMILES string of the molecule is CC(C)OC(=O)C(Cc1ccccc1)NC(=O)CNC(=O)C(C)O. The lowest BCUT2D eigenvalue weighted by Crippen LogP contribution is -2.48. The van der Waals surface area contributed by atoms with E-state index in [1.54, 1.807) is 13.8 Å². The molecule has 1 aromatic carbocycles. The van der Waals surface area contributed by atoms with E-state index in [1.165, 1.54) is 6.92 Å². The summed E-state index contributed by atoms with van der Waals surface area (Å²) in [6.45, 7) is 4.42. The van der Waals surface area contributed by atoms with Gasteiger partial charge in [0, 0.05) is 6.42 Å². The van der Waals surface area contributed by atoms with Crippen LogP contribution in [0.25, 0.3) is 0 Å². The van der Waals surface area contributed by atoms with E-state index in [2.05, 4.69) is 10.6 Å². The zero-order valence-electron chi connectivity index (χ0n) is 14.1. The van der Waals surface area contributed by atoms with E-state index < -0.39 is 29.9 Å². The van der Waals surface area contributed by atoms with Gasteiger partial charge in [0.25, 0.3) is 0 Å². The summed E-state index contributed by atoms with van der Waals surface area (Å²) in [5.74, 6) is -1.73. The maximum atomic E-state index is 12.2. The number of carbonyl (C=O) groups excluding carboxylic acids is 3. The van der Waals surface area contributed by atoms with Crippen LogP contribution >= 0.6 is 0 Å². The van der Waals surface area contributed by atoms with E-state index in [4.69, 9.17) is 9.84 Å². The molecule has 2 atom stereocenters. The number of aliphatic hydroxyl groups excluding tert-OH is 1. The molecule has 0 spiro atoms. The predicted octanol–water partition coefficient (Wildman–Crippen LogP) is 0.163. The van der Waals surface area contributed by atoms with E-state index >= 15 is 0 Å². The number of ether oxygens (including phenoxy) is 1. The van der Waals surface area contributed by atoms with Gasteiger partial charge in [0.05, 0.1) is 12.6 Å². The maximum absolute atomic E-state index is 12.2. The molecule has 0 saturated heterocycles. The zero-order chi connectivity index (χ0) is 18.1. The molecule has 0 aromatic heterocycles. The Morgan fingerprint density at radius 2 is 1.75 bits per heavy atom. The number of aliphatic hydroxyl groups is 1. The minimum Gasteiger partial charge on any atom is -0.461 e. The minimum absolute atomic E-state index is 0.280. The largest absolute Gasteiger partial charge is 0.461 e. The third-order valence-electron chi connectivity index (χ3n) is 3.06. The molecule has 0 radical (unpaired) electrons. The maximum Gasteiger partial charge on any atom is 0.329 e. The lowest BCUT2D eigenvalue weighted by Gasteiger charge is -2.19. The summed E-state index contributed by atoms with van der Waals surface area (Å²) in [5, 5.41) is 13.9. The van der Waals surface area contributed by atoms with Crippen LogP contribution in [0.4, 0.5) is 0 Å². The number of hydrogen-bond acceptors (Lipinski definition) is 5. The molecule has 2 unspecified atom stereocenters. The summed E-state index contributed by atoms with van der Waals surface area (Å²) in [6.07, 6.45) is -1.23. The molecule has 0 aliphatic heterocycles. The Labute approximate surface area is 141 Å². The highest BCUT2D eigenvalue weighted by Gasteiger charge is 2.24. The molecule has 2 amide bonds. The zero-order valence-corrected chi connectivity index (χ0v) is 14.1. The van der Waals surface area contributed by atoms with E-state index in [0.29, 0.717) is 0 Å². The van der Waals surface area contributed by atoms with Crippen molar-refractivity contribution in [2.24, 2.45) is 0 Å². The van der Waals surface area contributed by atoms with Crippen molar-refractivity contribution in [3.8, 4) is 0 Å². The first-order valence-electron chi connectivity index (χ1n) is 7.79. The summed E-state index contributed by atoms with van der Waals surface area (Å²) >= 11 is 0. The van der Waals surface area contributed by atoms with Crippen LogP contribution in [0.15, 0.2) is 30.3 Å². The van der Waals surface area contributed by atoms with Gasteiger partial charge in [0.15, 0.2) is 0 Å². The van der Waals surface area contributed by atoms with Gasteiger partial charge in [0.1, 0.15) is 12.1 Å². The summed E-state index contributed by atoms with van der Waals surface area (Å²) in [4.78, 5) is 35.4. The number of benzene rings is 1. The summed E-state index contributed by atoms with van der Waals surface area (Å²) in [6, 6.07) is 8.37. The van der Waals surface area contributed by atoms with Crippen molar-refractivity contribution in [2.75, 3.05) is 6.54 Å². The smallest absolute Gasteiger partial charge is 0.329 e. The summed E-state index contributed by atoms with van der Waals surface area (Å²) in [7, 11) is 0. The Morgan fingerprint density at radius 1 is 1.12 bits per heavy atom. The second-order valence-corrected chi connectivity index (χ2v) is 5.69. The first-order valence-corrected chi connectivity index (χ1v) is 7.79. The highest BCUT2D eigenvalue weighted by atomic mass is 16.5. The van der Waals surface area contributed by atoms with E-state index in [-0.39, 0.29) is 19.1 Å². The highest BCUT2D eigenvalue weighted by Crippen LogP contribution is 2.06. The second kappa shape index (κ2) is 9.67. The Kier molecular flexibility index (Phi) is 7.91. The fourth-order valence-corrected chi connectivity index (χ4v) is 1.92. The van der Waals surface area contributed by atoms with Crippen molar-refractivity contribution in [3.63, 3.8) is 0 Å². The Balaban J connectivity index is 2.68. The molecule has 0 aliphatic carbocycles. The van der Waals surface area contributed by atoms with Crippen LogP contribution in [0.1, 0.15) is 26.3 Å². The second-order valence-electron chi connectivity index (χ2n) is 5.69. The van der Waals surface area contributed by atoms with Gasteiger partial charge in [-0.05, 0) is 26.3 Å². The van der Waals surface area contributed by atoms with E-state index in [0.717, 1.165) is 5.56 Å². The van der Waals surface area contributed by atoms with Gasteiger partial charge in [-0.1, -0.05) is 30.3 Å². The monoisotopic (exact) mass is 336 g/mol. The molecular formula is C17H24N2O5. The van der Waals surface area contributed by atoms with Crippen LogP contribution in [-0.2, 0) is 25.5 Å². The molecule has 0 fully saturated rings. The molecule has 7 heteroatoms. The number of rotatable bonds is 8. The van der Waals surface area contributed by atoms with Gasteiger partial charge in [-0.3, -0.25) is 9.59 Å². The lowest BCUT2D eigenvalue weighted by atomic mass is 10.1. The molecule has 1 rings (SSSR count). The molecule has 0 aliphatic rings. The van der Waals surface area contributed by atoms with Crippen LogP contribution < -0.4 is 10.6 Å². The normalized spacial score (nSPS) is 13.0. The molecular weight excluding hydrogens is 312 g/mol. The van der Waals surface area contributed by atoms with Crippen LogP contribution in [0.2, 0.25) is 0 Å². The molecule has 3 N–H and O–H groups in total. The van der Waals surface area contributed by atoms with Crippen molar-refractivity contribution in [1.82, 2.24) is 10.6 Å². The highest BCUT2D eigenvalue weighted by molar-refractivity contribution is 5.89. The number of amides is 2. The molecule has 0 bridgehead atoms. The van der Waals surface area contributed by atoms with Crippen LogP contribution in [0, 0.1) is 0 Å². The fourth-order valence-electron chi connectivity index (χ4n) is 1.92. The number of esters is 1. The van der Waals surface area contributed by atoms with Crippen molar-refractivity contribution < 1.29 is 24.2 Å².